The SMILES string of the molecule is COc1ccc2cc(/C(C)=N/NC(=O)c3ccccc3OCCOc3ccccc3)ccc2c1. The van der Waals surface area contributed by atoms with Gasteiger partial charge in [-0.1, -0.05) is 48.5 Å². The summed E-state index contributed by atoms with van der Waals surface area (Å²) in [5.74, 6) is 1.72. The standard InChI is InChI=1S/C28H26N2O4/c1-20(21-12-13-23-19-25(32-2)15-14-22(23)18-21)29-30-28(31)26-10-6-7-11-27(26)34-17-16-33-24-8-4-3-5-9-24/h3-15,18-19H,16-17H2,1-2H3,(H,30,31)/b29-20+. The minimum atomic E-state index is -0.343. The molecule has 0 saturated heterocycles. The number of rotatable bonds is 9. The van der Waals surface area contributed by atoms with Gasteiger partial charge in [-0.3, -0.25) is 4.79 Å². The zero-order chi connectivity index (χ0) is 23.8. The molecule has 1 amide bonds. The molecule has 0 aliphatic heterocycles. The highest BCUT2D eigenvalue weighted by Gasteiger charge is 2.12. The van der Waals surface area contributed by atoms with Crippen LogP contribution in [0, 0.1) is 0 Å². The second-order valence-electron chi connectivity index (χ2n) is 7.57. The Kier molecular flexibility index (Phi) is 7.40. The monoisotopic (exact) mass is 454 g/mol. The third-order valence-corrected chi connectivity index (χ3v) is 5.27. The Balaban J connectivity index is 1.39. The molecule has 0 aliphatic rings. The van der Waals surface area contributed by atoms with Crippen LogP contribution in [-0.4, -0.2) is 31.9 Å². The van der Waals surface area contributed by atoms with E-state index in [2.05, 4.69) is 10.5 Å². The minimum absolute atomic E-state index is 0.309. The van der Waals surface area contributed by atoms with Gasteiger partial charge in [-0.15, -0.1) is 0 Å². The van der Waals surface area contributed by atoms with Crippen LogP contribution in [0.25, 0.3) is 10.8 Å². The molecule has 0 radical (unpaired) electrons. The van der Waals surface area contributed by atoms with Gasteiger partial charge in [0.15, 0.2) is 0 Å². The third-order valence-electron chi connectivity index (χ3n) is 5.27. The van der Waals surface area contributed by atoms with Crippen LogP contribution in [0.4, 0.5) is 0 Å². The fourth-order valence-corrected chi connectivity index (χ4v) is 3.44. The predicted molar refractivity (Wildman–Crippen MR) is 134 cm³/mol. The van der Waals surface area contributed by atoms with Crippen molar-refractivity contribution < 1.29 is 19.0 Å². The number of benzene rings is 4. The largest absolute Gasteiger partial charge is 0.497 e. The summed E-state index contributed by atoms with van der Waals surface area (Å²) in [6.07, 6.45) is 0. The number of hydrogen-bond acceptors (Lipinski definition) is 5. The fourth-order valence-electron chi connectivity index (χ4n) is 3.44. The summed E-state index contributed by atoms with van der Waals surface area (Å²) in [7, 11) is 1.65. The highest BCUT2D eigenvalue weighted by molar-refractivity contribution is 6.03. The van der Waals surface area contributed by atoms with Crippen molar-refractivity contribution in [1.82, 2.24) is 5.43 Å². The number of carbonyl (C=O) groups is 1. The van der Waals surface area contributed by atoms with Gasteiger partial charge in [0.05, 0.1) is 18.4 Å². The fraction of sp³-hybridized carbons (Fsp3) is 0.143. The van der Waals surface area contributed by atoms with Crippen molar-refractivity contribution in [1.29, 1.82) is 0 Å². The van der Waals surface area contributed by atoms with E-state index in [1.54, 1.807) is 25.3 Å². The van der Waals surface area contributed by atoms with Gasteiger partial charge in [0.25, 0.3) is 5.91 Å². The van der Waals surface area contributed by atoms with Crippen molar-refractivity contribution in [3.05, 3.63) is 102 Å². The first-order valence-electron chi connectivity index (χ1n) is 11.0. The molecule has 6 nitrogen and oxygen atoms in total. The molecular weight excluding hydrogens is 428 g/mol. The van der Waals surface area contributed by atoms with Crippen molar-refractivity contribution >= 4 is 22.4 Å². The maximum atomic E-state index is 12.8. The molecule has 6 heteroatoms. The molecule has 0 heterocycles. The molecular formula is C28H26N2O4. The second kappa shape index (κ2) is 11.0. The van der Waals surface area contributed by atoms with E-state index in [1.165, 1.54) is 0 Å². The molecule has 0 atom stereocenters. The van der Waals surface area contributed by atoms with E-state index in [1.807, 2.05) is 79.7 Å². The zero-order valence-corrected chi connectivity index (χ0v) is 19.2. The summed E-state index contributed by atoms with van der Waals surface area (Å²) in [4.78, 5) is 12.8. The van der Waals surface area contributed by atoms with Crippen LogP contribution in [0.5, 0.6) is 17.2 Å². The average Bonchev–Trinajstić information content (AvgIpc) is 2.89. The Morgan fingerprint density at radius 2 is 1.50 bits per heavy atom. The number of para-hydroxylation sites is 2. The topological polar surface area (TPSA) is 69.2 Å². The molecule has 172 valence electrons. The van der Waals surface area contributed by atoms with Gasteiger partial charge < -0.3 is 14.2 Å². The number of amides is 1. The van der Waals surface area contributed by atoms with E-state index in [0.29, 0.717) is 30.2 Å². The number of methoxy groups -OCH3 is 1. The number of carbonyl (C=O) groups excluding carboxylic acids is 1. The average molecular weight is 455 g/mol. The molecule has 4 rings (SSSR count). The van der Waals surface area contributed by atoms with Crippen LogP contribution >= 0.6 is 0 Å². The van der Waals surface area contributed by atoms with Gasteiger partial charge in [0, 0.05) is 0 Å². The summed E-state index contributed by atoms with van der Waals surface area (Å²) < 4.78 is 16.7. The van der Waals surface area contributed by atoms with E-state index < -0.39 is 0 Å². The van der Waals surface area contributed by atoms with Crippen LogP contribution in [0.2, 0.25) is 0 Å². The van der Waals surface area contributed by atoms with Crippen molar-refractivity contribution in [3.8, 4) is 17.2 Å². The number of ether oxygens (including phenoxy) is 3. The van der Waals surface area contributed by atoms with Crippen LogP contribution in [-0.2, 0) is 0 Å². The maximum Gasteiger partial charge on any atom is 0.275 e. The van der Waals surface area contributed by atoms with Crippen molar-refractivity contribution in [2.24, 2.45) is 5.10 Å². The molecule has 4 aromatic carbocycles. The lowest BCUT2D eigenvalue weighted by molar-refractivity contribution is 0.0949. The lowest BCUT2D eigenvalue weighted by Gasteiger charge is -2.11. The highest BCUT2D eigenvalue weighted by atomic mass is 16.5. The number of nitrogens with zero attached hydrogens (tertiary/aromatic N) is 1. The van der Waals surface area contributed by atoms with Gasteiger partial charge in [0.2, 0.25) is 0 Å². The van der Waals surface area contributed by atoms with Gasteiger partial charge in [-0.25, -0.2) is 5.43 Å². The molecule has 0 bridgehead atoms. The highest BCUT2D eigenvalue weighted by Crippen LogP contribution is 2.22. The maximum absolute atomic E-state index is 12.8. The van der Waals surface area contributed by atoms with Crippen molar-refractivity contribution in [3.63, 3.8) is 0 Å². The molecule has 4 aromatic rings. The molecule has 0 aliphatic carbocycles. The molecule has 0 spiro atoms. The first-order valence-corrected chi connectivity index (χ1v) is 11.0. The van der Waals surface area contributed by atoms with Gasteiger partial charge in [-0.05, 0) is 65.7 Å². The van der Waals surface area contributed by atoms with Crippen LogP contribution in [0.3, 0.4) is 0 Å². The minimum Gasteiger partial charge on any atom is -0.497 e. The summed E-state index contributed by atoms with van der Waals surface area (Å²) in [5, 5.41) is 6.44. The number of hydrogen-bond donors (Lipinski definition) is 1. The van der Waals surface area contributed by atoms with Gasteiger partial charge in [0.1, 0.15) is 30.5 Å². The molecule has 34 heavy (non-hydrogen) atoms. The van der Waals surface area contributed by atoms with E-state index in [-0.39, 0.29) is 5.91 Å². The summed E-state index contributed by atoms with van der Waals surface area (Å²) in [6.45, 7) is 2.53. The predicted octanol–water partition coefficient (Wildman–Crippen LogP) is 5.46. The first kappa shape index (κ1) is 22.9. The second-order valence-corrected chi connectivity index (χ2v) is 7.57. The Bertz CT molecular complexity index is 1300. The first-order chi connectivity index (χ1) is 16.6. The Morgan fingerprint density at radius 1 is 0.794 bits per heavy atom. The molecule has 0 aromatic heterocycles. The molecule has 1 N–H and O–H groups in total. The quantitative estimate of drug-likeness (QED) is 0.207. The Hall–Kier alpha value is -4.32. The lowest BCUT2D eigenvalue weighted by Crippen LogP contribution is -2.21. The Labute approximate surface area is 198 Å². The van der Waals surface area contributed by atoms with E-state index in [9.17, 15) is 4.79 Å². The molecule has 0 unspecified atom stereocenters. The number of hydrazone groups is 1. The lowest BCUT2D eigenvalue weighted by atomic mass is 10.0. The van der Waals surface area contributed by atoms with Gasteiger partial charge >= 0.3 is 0 Å². The number of nitrogens with one attached hydrogen (secondary N) is 1. The van der Waals surface area contributed by atoms with Crippen LogP contribution in [0.15, 0.2) is 96.1 Å². The van der Waals surface area contributed by atoms with E-state index in [0.717, 1.165) is 27.8 Å². The van der Waals surface area contributed by atoms with Crippen LogP contribution < -0.4 is 19.6 Å². The summed E-state index contributed by atoms with van der Waals surface area (Å²) >= 11 is 0. The van der Waals surface area contributed by atoms with E-state index in [4.69, 9.17) is 14.2 Å². The Morgan fingerprint density at radius 3 is 2.32 bits per heavy atom. The normalized spacial score (nSPS) is 11.2. The molecule has 0 fully saturated rings. The summed E-state index contributed by atoms with van der Waals surface area (Å²) in [6, 6.07) is 28.5. The third kappa shape index (κ3) is 5.72. The van der Waals surface area contributed by atoms with Gasteiger partial charge in [-0.2, -0.15) is 5.10 Å². The summed E-state index contributed by atoms with van der Waals surface area (Å²) in [5.41, 5.74) is 4.66. The smallest absolute Gasteiger partial charge is 0.275 e. The van der Waals surface area contributed by atoms with Crippen molar-refractivity contribution in [2.45, 2.75) is 6.92 Å². The number of fused-ring (bicyclic) bond motifs is 1. The van der Waals surface area contributed by atoms with E-state index >= 15 is 0 Å². The van der Waals surface area contributed by atoms with Crippen molar-refractivity contribution in [2.75, 3.05) is 20.3 Å². The van der Waals surface area contributed by atoms with Crippen LogP contribution in [0.1, 0.15) is 22.8 Å². The molecule has 0 saturated carbocycles. The zero-order valence-electron chi connectivity index (χ0n) is 19.2.